The van der Waals surface area contributed by atoms with Crippen LogP contribution in [0, 0.1) is 6.92 Å². The highest BCUT2D eigenvalue weighted by Crippen LogP contribution is 2.28. The van der Waals surface area contributed by atoms with Crippen molar-refractivity contribution in [2.24, 2.45) is 5.10 Å². The Bertz CT molecular complexity index is 1380. The second-order valence-corrected chi connectivity index (χ2v) is 8.92. The maximum absolute atomic E-state index is 12.5. The first kappa shape index (κ1) is 24.9. The van der Waals surface area contributed by atoms with Gasteiger partial charge in [-0.1, -0.05) is 59.8 Å². The maximum Gasteiger partial charge on any atom is 0.308 e. The van der Waals surface area contributed by atoms with Gasteiger partial charge in [-0.15, -0.1) is 10.2 Å². The molecular formula is C27H25N5O3S. The van der Waals surface area contributed by atoms with Gasteiger partial charge >= 0.3 is 5.97 Å². The molecule has 4 rings (SSSR count). The predicted octanol–water partition coefficient (Wildman–Crippen LogP) is 4.80. The summed E-state index contributed by atoms with van der Waals surface area (Å²) in [5, 5.41) is 13.6. The van der Waals surface area contributed by atoms with E-state index in [1.807, 2.05) is 66.1 Å². The van der Waals surface area contributed by atoms with E-state index >= 15 is 0 Å². The second-order valence-electron chi connectivity index (χ2n) is 7.98. The molecule has 0 bridgehead atoms. The number of rotatable bonds is 8. The zero-order valence-corrected chi connectivity index (χ0v) is 21.0. The molecular weight excluding hydrogens is 474 g/mol. The van der Waals surface area contributed by atoms with Gasteiger partial charge in [0.05, 0.1) is 11.5 Å². The number of nitrogens with one attached hydrogen (secondary N) is 1. The van der Waals surface area contributed by atoms with Crippen LogP contribution in [-0.2, 0) is 9.59 Å². The van der Waals surface area contributed by atoms with Crippen LogP contribution in [0.5, 0.6) is 5.75 Å². The molecule has 0 spiro atoms. The van der Waals surface area contributed by atoms with Gasteiger partial charge in [0.2, 0.25) is 0 Å². The average Bonchev–Trinajstić information content (AvgIpc) is 3.31. The zero-order valence-electron chi connectivity index (χ0n) is 20.1. The topological polar surface area (TPSA) is 98.5 Å². The van der Waals surface area contributed by atoms with Crippen LogP contribution in [0.4, 0.5) is 0 Å². The van der Waals surface area contributed by atoms with Crippen molar-refractivity contribution >= 4 is 29.4 Å². The molecule has 1 heterocycles. The van der Waals surface area contributed by atoms with E-state index in [1.54, 1.807) is 31.2 Å². The Morgan fingerprint density at radius 2 is 1.64 bits per heavy atom. The molecule has 36 heavy (non-hydrogen) atoms. The molecule has 0 saturated heterocycles. The summed E-state index contributed by atoms with van der Waals surface area (Å²) in [7, 11) is 0. The molecule has 1 aromatic heterocycles. The molecule has 1 amide bonds. The van der Waals surface area contributed by atoms with Crippen molar-refractivity contribution in [3.8, 4) is 22.8 Å². The van der Waals surface area contributed by atoms with Gasteiger partial charge in [0.25, 0.3) is 5.91 Å². The van der Waals surface area contributed by atoms with E-state index in [0.717, 1.165) is 22.4 Å². The lowest BCUT2D eigenvalue weighted by Gasteiger charge is -2.10. The maximum atomic E-state index is 12.5. The first-order valence-corrected chi connectivity index (χ1v) is 12.2. The highest BCUT2D eigenvalue weighted by atomic mass is 32.2. The van der Waals surface area contributed by atoms with Crippen molar-refractivity contribution in [2.45, 2.75) is 25.9 Å². The monoisotopic (exact) mass is 499 g/mol. The van der Waals surface area contributed by atoms with E-state index in [9.17, 15) is 9.59 Å². The Labute approximate surface area is 213 Å². The van der Waals surface area contributed by atoms with E-state index < -0.39 is 0 Å². The van der Waals surface area contributed by atoms with Crippen molar-refractivity contribution in [3.05, 3.63) is 90.0 Å². The second kappa shape index (κ2) is 11.5. The van der Waals surface area contributed by atoms with Gasteiger partial charge < -0.3 is 4.74 Å². The van der Waals surface area contributed by atoms with Crippen molar-refractivity contribution in [1.29, 1.82) is 0 Å². The molecule has 9 heteroatoms. The fourth-order valence-electron chi connectivity index (χ4n) is 3.37. The average molecular weight is 500 g/mol. The van der Waals surface area contributed by atoms with Crippen LogP contribution in [0.2, 0.25) is 0 Å². The van der Waals surface area contributed by atoms with Gasteiger partial charge in [0.1, 0.15) is 5.75 Å². The first-order chi connectivity index (χ1) is 17.4. The molecule has 0 saturated carbocycles. The molecule has 182 valence electrons. The predicted molar refractivity (Wildman–Crippen MR) is 140 cm³/mol. The van der Waals surface area contributed by atoms with Gasteiger partial charge in [0.15, 0.2) is 11.0 Å². The van der Waals surface area contributed by atoms with E-state index in [2.05, 4.69) is 20.7 Å². The minimum Gasteiger partial charge on any atom is -0.427 e. The van der Waals surface area contributed by atoms with E-state index in [1.165, 1.54) is 18.7 Å². The Kier molecular flexibility index (Phi) is 7.92. The van der Waals surface area contributed by atoms with Crippen molar-refractivity contribution in [2.75, 3.05) is 5.75 Å². The van der Waals surface area contributed by atoms with Gasteiger partial charge in [-0.2, -0.15) is 5.10 Å². The molecule has 0 fully saturated rings. The highest BCUT2D eigenvalue weighted by Gasteiger charge is 2.17. The summed E-state index contributed by atoms with van der Waals surface area (Å²) in [6.07, 6.45) is 0. The number of hydrazone groups is 1. The summed E-state index contributed by atoms with van der Waals surface area (Å²) >= 11 is 1.28. The number of thioether (sulfide) groups is 1. The third-order valence-corrected chi connectivity index (χ3v) is 6.10. The Balaban J connectivity index is 1.45. The summed E-state index contributed by atoms with van der Waals surface area (Å²) < 4.78 is 6.98. The van der Waals surface area contributed by atoms with Crippen LogP contribution in [-0.4, -0.2) is 38.1 Å². The highest BCUT2D eigenvalue weighted by molar-refractivity contribution is 7.99. The number of amides is 1. The zero-order chi connectivity index (χ0) is 25.5. The summed E-state index contributed by atoms with van der Waals surface area (Å²) in [5.41, 5.74) is 7.01. The fraction of sp³-hybridized carbons (Fsp3) is 0.148. The molecule has 0 radical (unpaired) electrons. The minimum atomic E-state index is -0.382. The molecule has 0 aliphatic carbocycles. The van der Waals surface area contributed by atoms with Crippen molar-refractivity contribution in [1.82, 2.24) is 20.2 Å². The number of carbonyl (C=O) groups is 2. The molecule has 8 nitrogen and oxygen atoms in total. The lowest BCUT2D eigenvalue weighted by atomic mass is 10.1. The lowest BCUT2D eigenvalue weighted by molar-refractivity contribution is -0.131. The Morgan fingerprint density at radius 3 is 2.31 bits per heavy atom. The standard InChI is InChI=1S/C27H25N5O3S/c1-18-9-11-22(12-10-18)26-30-31-27(32(26)23-7-5-4-6-8-23)36-17-25(34)29-28-19(2)21-13-15-24(16-14-21)35-20(3)33/h4-16H,17H2,1-3H3,(H,29,34). The van der Waals surface area contributed by atoms with E-state index in [4.69, 9.17) is 4.74 Å². The number of hydrogen-bond acceptors (Lipinski definition) is 7. The van der Waals surface area contributed by atoms with Gasteiger partial charge in [-0.3, -0.25) is 14.2 Å². The van der Waals surface area contributed by atoms with E-state index in [0.29, 0.717) is 22.4 Å². The van der Waals surface area contributed by atoms with Crippen LogP contribution in [0.15, 0.2) is 89.1 Å². The normalized spacial score (nSPS) is 11.2. The van der Waals surface area contributed by atoms with E-state index in [-0.39, 0.29) is 17.6 Å². The molecule has 0 aliphatic rings. The number of hydrogen-bond donors (Lipinski definition) is 1. The van der Waals surface area contributed by atoms with Crippen LogP contribution in [0.1, 0.15) is 25.0 Å². The third-order valence-electron chi connectivity index (χ3n) is 5.17. The largest absolute Gasteiger partial charge is 0.427 e. The van der Waals surface area contributed by atoms with Gasteiger partial charge in [-0.25, -0.2) is 5.43 Å². The number of esters is 1. The number of nitrogens with zero attached hydrogens (tertiary/aromatic N) is 4. The third kappa shape index (κ3) is 6.25. The van der Waals surface area contributed by atoms with Crippen LogP contribution >= 0.6 is 11.8 Å². The number of aryl methyl sites for hydroxylation is 1. The van der Waals surface area contributed by atoms with Crippen LogP contribution in [0.25, 0.3) is 17.1 Å². The van der Waals surface area contributed by atoms with Crippen LogP contribution in [0.3, 0.4) is 0 Å². The number of ether oxygens (including phenoxy) is 1. The van der Waals surface area contributed by atoms with Gasteiger partial charge in [-0.05, 0) is 55.8 Å². The number of carbonyl (C=O) groups excluding carboxylic acids is 2. The van der Waals surface area contributed by atoms with Gasteiger partial charge in [0, 0.05) is 18.2 Å². The summed E-state index contributed by atoms with van der Waals surface area (Å²) in [4.78, 5) is 23.6. The van der Waals surface area contributed by atoms with Crippen molar-refractivity contribution in [3.63, 3.8) is 0 Å². The number of aromatic nitrogens is 3. The summed E-state index contributed by atoms with van der Waals surface area (Å²) in [5.74, 6) is 0.616. The molecule has 0 unspecified atom stereocenters. The smallest absolute Gasteiger partial charge is 0.308 e. The lowest BCUT2D eigenvalue weighted by Crippen LogP contribution is -2.21. The fourth-order valence-corrected chi connectivity index (χ4v) is 4.11. The SMILES string of the molecule is CC(=O)Oc1ccc(C(C)=NNC(=O)CSc2nnc(-c3ccc(C)cc3)n2-c2ccccc2)cc1. The summed E-state index contributed by atoms with van der Waals surface area (Å²) in [6.45, 7) is 5.17. The Hall–Kier alpha value is -4.24. The van der Waals surface area contributed by atoms with Crippen molar-refractivity contribution < 1.29 is 14.3 Å². The molecule has 1 N–H and O–H groups in total. The minimum absolute atomic E-state index is 0.112. The number of benzene rings is 3. The first-order valence-electron chi connectivity index (χ1n) is 11.2. The number of para-hydroxylation sites is 1. The molecule has 0 aliphatic heterocycles. The molecule has 0 atom stereocenters. The summed E-state index contributed by atoms with van der Waals surface area (Å²) in [6, 6.07) is 24.8. The molecule has 3 aromatic carbocycles. The van der Waals surface area contributed by atoms with Crippen LogP contribution < -0.4 is 10.2 Å². The quantitative estimate of drug-likeness (QED) is 0.123. The Morgan fingerprint density at radius 1 is 0.944 bits per heavy atom. The molecule has 4 aromatic rings.